The van der Waals surface area contributed by atoms with Gasteiger partial charge in [-0.3, -0.25) is 4.79 Å². The van der Waals surface area contributed by atoms with Gasteiger partial charge in [0.1, 0.15) is 11.4 Å². The number of amides is 1. The van der Waals surface area contributed by atoms with E-state index in [9.17, 15) is 4.79 Å². The van der Waals surface area contributed by atoms with Crippen LogP contribution in [0.5, 0.6) is 5.75 Å². The summed E-state index contributed by atoms with van der Waals surface area (Å²) in [6.07, 6.45) is 4.70. The van der Waals surface area contributed by atoms with E-state index in [2.05, 4.69) is 10.3 Å². The fourth-order valence-electron chi connectivity index (χ4n) is 2.55. The molecule has 0 aliphatic carbocycles. The van der Waals surface area contributed by atoms with Gasteiger partial charge in [0.2, 0.25) is 5.91 Å². The monoisotopic (exact) mass is 343 g/mol. The molecule has 0 saturated carbocycles. The third-order valence-corrected chi connectivity index (χ3v) is 3.94. The minimum absolute atomic E-state index is 0.0358. The molecule has 3 rings (SSSR count). The van der Waals surface area contributed by atoms with E-state index >= 15 is 0 Å². The number of para-hydroxylation sites is 1. The van der Waals surface area contributed by atoms with Crippen LogP contribution >= 0.6 is 11.6 Å². The van der Waals surface area contributed by atoms with Crippen LogP contribution < -0.4 is 10.1 Å². The van der Waals surface area contributed by atoms with E-state index in [-0.39, 0.29) is 5.91 Å². The number of benzene rings is 1. The molecular weight excluding hydrogens is 326 g/mol. The van der Waals surface area contributed by atoms with Gasteiger partial charge in [-0.2, -0.15) is 0 Å². The molecule has 2 heterocycles. The van der Waals surface area contributed by atoms with Crippen molar-refractivity contribution in [2.45, 2.75) is 12.8 Å². The molecule has 1 N–H and O–H groups in total. The highest BCUT2D eigenvalue weighted by molar-refractivity contribution is 6.30. The van der Waals surface area contributed by atoms with Gasteiger partial charge in [0.15, 0.2) is 0 Å². The van der Waals surface area contributed by atoms with Crippen molar-refractivity contribution in [3.8, 4) is 5.75 Å². The lowest BCUT2D eigenvalue weighted by atomic mass is 10.1. The SMILES string of the molecule is COc1ccccc1CC(=O)NCCc1cn2cc(Cl)ccc2n1. The van der Waals surface area contributed by atoms with Gasteiger partial charge in [0, 0.05) is 30.9 Å². The van der Waals surface area contributed by atoms with Gasteiger partial charge in [-0.25, -0.2) is 4.98 Å². The van der Waals surface area contributed by atoms with Gasteiger partial charge in [-0.1, -0.05) is 29.8 Å². The van der Waals surface area contributed by atoms with Gasteiger partial charge in [-0.15, -0.1) is 0 Å². The molecule has 0 unspecified atom stereocenters. The molecule has 0 saturated heterocycles. The molecular formula is C18H18ClN3O2. The first-order valence-corrected chi connectivity index (χ1v) is 8.05. The number of aromatic nitrogens is 2. The Bertz CT molecular complexity index is 860. The highest BCUT2D eigenvalue weighted by Gasteiger charge is 2.08. The first-order chi connectivity index (χ1) is 11.7. The van der Waals surface area contributed by atoms with Crippen molar-refractivity contribution >= 4 is 23.2 Å². The lowest BCUT2D eigenvalue weighted by molar-refractivity contribution is -0.120. The summed E-state index contributed by atoms with van der Waals surface area (Å²) in [4.78, 5) is 16.6. The third kappa shape index (κ3) is 3.86. The minimum Gasteiger partial charge on any atom is -0.496 e. The summed E-state index contributed by atoms with van der Waals surface area (Å²) >= 11 is 5.96. The second-order valence-corrected chi connectivity index (χ2v) is 5.87. The van der Waals surface area contributed by atoms with Crippen molar-refractivity contribution in [2.24, 2.45) is 0 Å². The summed E-state index contributed by atoms with van der Waals surface area (Å²) in [7, 11) is 1.60. The molecule has 0 aliphatic heterocycles. The topological polar surface area (TPSA) is 55.6 Å². The molecule has 0 spiro atoms. The average Bonchev–Trinajstić information content (AvgIpc) is 2.97. The molecule has 3 aromatic rings. The van der Waals surface area contributed by atoms with E-state index in [0.717, 1.165) is 22.7 Å². The number of pyridine rings is 1. The van der Waals surface area contributed by atoms with E-state index < -0.39 is 0 Å². The van der Waals surface area contributed by atoms with Gasteiger partial charge < -0.3 is 14.5 Å². The fraction of sp³-hybridized carbons (Fsp3) is 0.222. The first-order valence-electron chi connectivity index (χ1n) is 7.67. The van der Waals surface area contributed by atoms with Crippen LogP contribution in [0.25, 0.3) is 5.65 Å². The number of rotatable bonds is 6. The molecule has 6 heteroatoms. The number of nitrogens with one attached hydrogen (secondary N) is 1. The van der Waals surface area contributed by atoms with E-state index in [1.807, 2.05) is 53.2 Å². The van der Waals surface area contributed by atoms with E-state index in [0.29, 0.717) is 24.4 Å². The molecule has 0 aliphatic rings. The highest BCUT2D eigenvalue weighted by Crippen LogP contribution is 2.17. The molecule has 0 bridgehead atoms. The number of halogens is 1. The summed E-state index contributed by atoms with van der Waals surface area (Å²) in [5.41, 5.74) is 2.63. The van der Waals surface area contributed by atoms with Crippen LogP contribution in [0.3, 0.4) is 0 Å². The number of ether oxygens (including phenoxy) is 1. The van der Waals surface area contributed by atoms with Crippen LogP contribution in [0.15, 0.2) is 48.8 Å². The van der Waals surface area contributed by atoms with Crippen LogP contribution in [-0.2, 0) is 17.6 Å². The quantitative estimate of drug-likeness (QED) is 0.748. The number of carbonyl (C=O) groups is 1. The van der Waals surface area contributed by atoms with Crippen molar-refractivity contribution in [2.75, 3.05) is 13.7 Å². The molecule has 1 aromatic carbocycles. The standard InChI is InChI=1S/C18H18ClN3O2/c1-24-16-5-3-2-4-13(16)10-18(23)20-9-8-15-12-22-11-14(19)6-7-17(22)21-15/h2-7,11-12H,8-10H2,1H3,(H,20,23). The number of hydrogen-bond donors (Lipinski definition) is 1. The molecule has 124 valence electrons. The Labute approximate surface area is 145 Å². The molecule has 5 nitrogen and oxygen atoms in total. The Morgan fingerprint density at radius 3 is 2.92 bits per heavy atom. The van der Waals surface area contributed by atoms with Crippen LogP contribution in [-0.4, -0.2) is 28.9 Å². The maximum absolute atomic E-state index is 12.1. The van der Waals surface area contributed by atoms with Gasteiger partial charge in [0.25, 0.3) is 0 Å². The summed E-state index contributed by atoms with van der Waals surface area (Å²) in [5.74, 6) is 0.691. The molecule has 0 fully saturated rings. The van der Waals surface area contributed by atoms with Gasteiger partial charge >= 0.3 is 0 Å². The zero-order chi connectivity index (χ0) is 16.9. The van der Waals surface area contributed by atoms with E-state index in [4.69, 9.17) is 16.3 Å². The maximum atomic E-state index is 12.1. The van der Waals surface area contributed by atoms with Crippen molar-refractivity contribution in [1.29, 1.82) is 0 Å². The Hall–Kier alpha value is -2.53. The summed E-state index contributed by atoms with van der Waals surface area (Å²) in [6.45, 7) is 0.533. The zero-order valence-corrected chi connectivity index (χ0v) is 14.1. The predicted molar refractivity (Wildman–Crippen MR) is 93.6 cm³/mol. The van der Waals surface area contributed by atoms with Crippen LogP contribution in [0.1, 0.15) is 11.3 Å². The molecule has 2 aromatic heterocycles. The maximum Gasteiger partial charge on any atom is 0.224 e. The van der Waals surface area contributed by atoms with Crippen molar-refractivity contribution in [3.05, 3.63) is 65.1 Å². The third-order valence-electron chi connectivity index (χ3n) is 3.71. The smallest absolute Gasteiger partial charge is 0.224 e. The number of fused-ring (bicyclic) bond motifs is 1. The van der Waals surface area contributed by atoms with E-state index in [1.165, 1.54) is 0 Å². The number of methoxy groups -OCH3 is 1. The second kappa shape index (κ2) is 7.36. The van der Waals surface area contributed by atoms with E-state index in [1.54, 1.807) is 7.11 Å². The molecule has 0 atom stereocenters. The van der Waals surface area contributed by atoms with Gasteiger partial charge in [0.05, 0.1) is 24.2 Å². The lowest BCUT2D eigenvalue weighted by Gasteiger charge is -2.08. The van der Waals surface area contributed by atoms with Crippen LogP contribution in [0, 0.1) is 0 Å². The molecule has 24 heavy (non-hydrogen) atoms. The summed E-state index contributed by atoms with van der Waals surface area (Å²) in [5, 5.41) is 3.58. The first kappa shape index (κ1) is 16.3. The normalized spacial score (nSPS) is 10.8. The van der Waals surface area contributed by atoms with Gasteiger partial charge in [-0.05, 0) is 18.2 Å². The van der Waals surface area contributed by atoms with Crippen molar-refractivity contribution in [3.63, 3.8) is 0 Å². The number of hydrogen-bond acceptors (Lipinski definition) is 3. The zero-order valence-electron chi connectivity index (χ0n) is 13.3. The Morgan fingerprint density at radius 2 is 2.08 bits per heavy atom. The predicted octanol–water partition coefficient (Wildman–Crippen LogP) is 2.90. The molecule has 1 amide bonds. The lowest BCUT2D eigenvalue weighted by Crippen LogP contribution is -2.27. The Balaban J connectivity index is 1.54. The van der Waals surface area contributed by atoms with Crippen LogP contribution in [0.2, 0.25) is 5.02 Å². The highest BCUT2D eigenvalue weighted by atomic mass is 35.5. The minimum atomic E-state index is -0.0358. The Kier molecular flexibility index (Phi) is 5.01. The second-order valence-electron chi connectivity index (χ2n) is 5.43. The summed E-state index contributed by atoms with van der Waals surface area (Å²) in [6, 6.07) is 11.2. The van der Waals surface area contributed by atoms with Crippen molar-refractivity contribution < 1.29 is 9.53 Å². The van der Waals surface area contributed by atoms with Crippen LogP contribution in [0.4, 0.5) is 0 Å². The molecule has 0 radical (unpaired) electrons. The fourth-order valence-corrected chi connectivity index (χ4v) is 2.72. The number of carbonyl (C=O) groups excluding carboxylic acids is 1. The van der Waals surface area contributed by atoms with Crippen molar-refractivity contribution in [1.82, 2.24) is 14.7 Å². The average molecular weight is 344 g/mol. The largest absolute Gasteiger partial charge is 0.496 e. The number of nitrogens with zero attached hydrogens (tertiary/aromatic N) is 2. The summed E-state index contributed by atoms with van der Waals surface area (Å²) < 4.78 is 7.14. The Morgan fingerprint density at radius 1 is 1.25 bits per heavy atom. The number of imidazole rings is 1.